The predicted octanol–water partition coefficient (Wildman–Crippen LogP) is 4.04. The van der Waals surface area contributed by atoms with E-state index in [1.54, 1.807) is 26.0 Å². The topological polar surface area (TPSA) is 33.0 Å². The van der Waals surface area contributed by atoms with Crippen molar-refractivity contribution in [3.8, 4) is 11.8 Å². The fourth-order valence-electron chi connectivity index (χ4n) is 1.50. The summed E-state index contributed by atoms with van der Waals surface area (Å²) >= 11 is 5.80. The maximum atomic E-state index is 12.4. The first-order valence-corrected chi connectivity index (χ1v) is 5.49. The maximum absolute atomic E-state index is 12.4. The van der Waals surface area contributed by atoms with E-state index in [4.69, 9.17) is 21.6 Å². The molecule has 0 radical (unpaired) electrons. The van der Waals surface area contributed by atoms with E-state index in [1.807, 2.05) is 0 Å². The molecule has 98 valence electrons. The second-order valence-corrected chi connectivity index (χ2v) is 4.34. The average Bonchev–Trinajstić information content (AvgIpc) is 2.19. The highest BCUT2D eigenvalue weighted by Crippen LogP contribution is 2.30. The summed E-state index contributed by atoms with van der Waals surface area (Å²) in [6, 6.07) is 4.38. The fraction of sp³-hybridized carbons (Fsp3) is 0.417. The van der Waals surface area contributed by atoms with Crippen LogP contribution in [0.3, 0.4) is 0 Å². The maximum Gasteiger partial charge on any atom is 0.407 e. The molecule has 1 unspecified atom stereocenters. The number of ether oxygens (including phenoxy) is 1. The van der Waals surface area contributed by atoms with Crippen LogP contribution in [0, 0.1) is 31.1 Å². The van der Waals surface area contributed by atoms with E-state index >= 15 is 0 Å². The normalized spacial score (nSPS) is 12.9. The molecule has 1 atom stereocenters. The van der Waals surface area contributed by atoms with Crippen LogP contribution in [0.2, 0.25) is 5.02 Å². The summed E-state index contributed by atoms with van der Waals surface area (Å²) in [5, 5.41) is 8.94. The van der Waals surface area contributed by atoms with Gasteiger partial charge in [-0.3, -0.25) is 0 Å². The molecule has 2 nitrogen and oxygen atoms in total. The van der Waals surface area contributed by atoms with Gasteiger partial charge in [0.25, 0.3) is 0 Å². The van der Waals surface area contributed by atoms with Crippen molar-refractivity contribution in [2.45, 2.75) is 20.0 Å². The molecule has 0 aliphatic rings. The Labute approximate surface area is 108 Å². The van der Waals surface area contributed by atoms with E-state index in [9.17, 15) is 13.2 Å². The molecule has 0 aromatic heterocycles. The quantitative estimate of drug-likeness (QED) is 0.835. The highest BCUT2D eigenvalue weighted by molar-refractivity contribution is 6.30. The lowest BCUT2D eigenvalue weighted by Crippen LogP contribution is -2.27. The average molecular weight is 278 g/mol. The Hall–Kier alpha value is -1.41. The molecule has 6 heteroatoms. The first-order chi connectivity index (χ1) is 8.25. The summed E-state index contributed by atoms with van der Waals surface area (Å²) in [6.07, 6.45) is -4.58. The highest BCUT2D eigenvalue weighted by atomic mass is 35.5. The molecule has 1 rings (SSSR count). The minimum Gasteiger partial charge on any atom is -0.491 e. The smallest absolute Gasteiger partial charge is 0.407 e. The number of nitriles is 1. The monoisotopic (exact) mass is 277 g/mol. The van der Waals surface area contributed by atoms with Gasteiger partial charge in [0, 0.05) is 5.02 Å². The predicted molar refractivity (Wildman–Crippen MR) is 61.6 cm³/mol. The van der Waals surface area contributed by atoms with Crippen LogP contribution in [0.1, 0.15) is 11.1 Å². The van der Waals surface area contributed by atoms with Gasteiger partial charge in [-0.15, -0.1) is 0 Å². The molecule has 0 amide bonds. The molecule has 0 fully saturated rings. The number of alkyl halides is 3. The van der Waals surface area contributed by atoms with Crippen LogP contribution >= 0.6 is 11.6 Å². The van der Waals surface area contributed by atoms with Gasteiger partial charge in [-0.1, -0.05) is 11.6 Å². The van der Waals surface area contributed by atoms with Gasteiger partial charge in [0.1, 0.15) is 12.4 Å². The number of halogens is 4. The van der Waals surface area contributed by atoms with Gasteiger partial charge in [0.2, 0.25) is 0 Å². The zero-order valence-electron chi connectivity index (χ0n) is 9.81. The fourth-order valence-corrected chi connectivity index (χ4v) is 1.82. The Morgan fingerprint density at radius 1 is 1.33 bits per heavy atom. The largest absolute Gasteiger partial charge is 0.491 e. The molecule has 0 saturated heterocycles. The van der Waals surface area contributed by atoms with E-state index in [1.165, 1.54) is 6.07 Å². The number of benzene rings is 1. The molecule has 0 aliphatic carbocycles. The number of nitrogens with zero attached hydrogens (tertiary/aromatic N) is 1. The summed E-state index contributed by atoms with van der Waals surface area (Å²) in [5.41, 5.74) is 1.28. The van der Waals surface area contributed by atoms with Crippen LogP contribution in [0.4, 0.5) is 13.2 Å². The number of rotatable bonds is 3. The Bertz CT molecular complexity index is 456. The van der Waals surface area contributed by atoms with E-state index in [0.29, 0.717) is 21.9 Å². The summed E-state index contributed by atoms with van der Waals surface area (Å²) in [7, 11) is 0. The Morgan fingerprint density at radius 3 is 2.22 bits per heavy atom. The zero-order chi connectivity index (χ0) is 13.9. The van der Waals surface area contributed by atoms with Gasteiger partial charge in [0.15, 0.2) is 5.92 Å². The highest BCUT2D eigenvalue weighted by Gasteiger charge is 2.40. The van der Waals surface area contributed by atoms with Gasteiger partial charge < -0.3 is 4.74 Å². The lowest BCUT2D eigenvalue weighted by molar-refractivity contribution is -0.165. The van der Waals surface area contributed by atoms with Crippen molar-refractivity contribution in [3.05, 3.63) is 28.3 Å². The third kappa shape index (κ3) is 3.54. The summed E-state index contributed by atoms with van der Waals surface area (Å²) in [5.74, 6) is -1.80. The number of aryl methyl sites for hydroxylation is 2. The van der Waals surface area contributed by atoms with Gasteiger partial charge in [-0.2, -0.15) is 18.4 Å². The van der Waals surface area contributed by atoms with E-state index < -0.39 is 18.7 Å². The molecule has 0 bridgehead atoms. The summed E-state index contributed by atoms with van der Waals surface area (Å²) in [6.45, 7) is 2.65. The van der Waals surface area contributed by atoms with Crippen molar-refractivity contribution in [1.82, 2.24) is 0 Å². The van der Waals surface area contributed by atoms with Gasteiger partial charge in [-0.05, 0) is 37.1 Å². The summed E-state index contributed by atoms with van der Waals surface area (Å²) < 4.78 is 42.2. The van der Waals surface area contributed by atoms with Crippen LogP contribution in [0.5, 0.6) is 5.75 Å². The first-order valence-electron chi connectivity index (χ1n) is 5.11. The molecule has 0 spiro atoms. The van der Waals surface area contributed by atoms with E-state index in [-0.39, 0.29) is 0 Å². The van der Waals surface area contributed by atoms with Crippen molar-refractivity contribution in [2.24, 2.45) is 5.92 Å². The minimum atomic E-state index is -4.58. The standard InChI is InChI=1S/C12H11ClF3NO/c1-7-3-10(13)4-8(2)11(7)18-6-9(5-17)12(14,15)16/h3-4,9H,6H2,1-2H3. The van der Waals surface area contributed by atoms with Crippen molar-refractivity contribution < 1.29 is 17.9 Å². The second-order valence-electron chi connectivity index (χ2n) is 3.90. The van der Waals surface area contributed by atoms with E-state index in [0.717, 1.165) is 0 Å². The second kappa shape index (κ2) is 5.49. The minimum absolute atomic E-state index is 0.337. The van der Waals surface area contributed by atoms with Crippen LogP contribution in [-0.4, -0.2) is 12.8 Å². The van der Waals surface area contributed by atoms with Crippen molar-refractivity contribution >= 4 is 11.6 Å². The molecule has 0 aliphatic heterocycles. The summed E-state index contributed by atoms with van der Waals surface area (Å²) in [4.78, 5) is 0. The molecule has 1 aromatic rings. The van der Waals surface area contributed by atoms with E-state index in [2.05, 4.69) is 0 Å². The number of hydrogen-bond donors (Lipinski definition) is 0. The Balaban J connectivity index is 2.85. The molecule has 18 heavy (non-hydrogen) atoms. The van der Waals surface area contributed by atoms with Gasteiger partial charge in [0.05, 0.1) is 6.07 Å². The molecule has 0 saturated carbocycles. The Morgan fingerprint density at radius 2 is 1.83 bits per heavy atom. The van der Waals surface area contributed by atoms with Crippen molar-refractivity contribution in [3.63, 3.8) is 0 Å². The molecule has 1 aromatic carbocycles. The number of hydrogen-bond acceptors (Lipinski definition) is 2. The van der Waals surface area contributed by atoms with Crippen LogP contribution < -0.4 is 4.74 Å². The third-order valence-corrected chi connectivity index (χ3v) is 2.59. The zero-order valence-corrected chi connectivity index (χ0v) is 10.6. The molecule has 0 N–H and O–H groups in total. The molecular weight excluding hydrogens is 267 g/mol. The van der Waals surface area contributed by atoms with Crippen molar-refractivity contribution in [1.29, 1.82) is 5.26 Å². The van der Waals surface area contributed by atoms with Crippen LogP contribution in [-0.2, 0) is 0 Å². The van der Waals surface area contributed by atoms with Crippen LogP contribution in [0.15, 0.2) is 12.1 Å². The Kier molecular flexibility index (Phi) is 4.47. The van der Waals surface area contributed by atoms with Crippen molar-refractivity contribution in [2.75, 3.05) is 6.61 Å². The molecular formula is C12H11ClF3NO. The first kappa shape index (κ1) is 14.7. The SMILES string of the molecule is Cc1cc(Cl)cc(C)c1OCC(C#N)C(F)(F)F. The van der Waals surface area contributed by atoms with Crippen LogP contribution in [0.25, 0.3) is 0 Å². The van der Waals surface area contributed by atoms with Gasteiger partial charge >= 0.3 is 6.18 Å². The molecule has 0 heterocycles. The lowest BCUT2D eigenvalue weighted by Gasteiger charge is -2.17. The lowest BCUT2D eigenvalue weighted by atomic mass is 10.1. The third-order valence-electron chi connectivity index (χ3n) is 2.37. The van der Waals surface area contributed by atoms with Gasteiger partial charge in [-0.25, -0.2) is 0 Å².